The molecule has 0 aliphatic heterocycles. The summed E-state index contributed by atoms with van der Waals surface area (Å²) in [4.78, 5) is 5.92. The molecular formula is C19H18N2S. The molecule has 0 fully saturated rings. The van der Waals surface area contributed by atoms with Crippen LogP contribution in [0.4, 0.5) is 0 Å². The van der Waals surface area contributed by atoms with Gasteiger partial charge in [0.1, 0.15) is 0 Å². The van der Waals surface area contributed by atoms with Gasteiger partial charge in [-0.05, 0) is 56.5 Å². The number of hydrogen-bond acceptors (Lipinski definition) is 2. The molecule has 0 atom stereocenters. The van der Waals surface area contributed by atoms with Gasteiger partial charge in [0.25, 0.3) is 0 Å². The highest BCUT2D eigenvalue weighted by Crippen LogP contribution is 2.32. The van der Waals surface area contributed by atoms with Crippen LogP contribution < -0.4 is 0 Å². The Kier molecular flexibility index (Phi) is 2.88. The predicted molar refractivity (Wildman–Crippen MR) is 95.0 cm³/mol. The smallest absolute Gasteiger partial charge is 0.195 e. The molecule has 2 aromatic carbocycles. The van der Waals surface area contributed by atoms with Crippen LogP contribution in [-0.2, 0) is 0 Å². The number of nitrogens with zero attached hydrogens (tertiary/aromatic N) is 2. The highest BCUT2D eigenvalue weighted by Gasteiger charge is 2.12. The van der Waals surface area contributed by atoms with Gasteiger partial charge in [0.05, 0.1) is 15.9 Å². The molecule has 0 saturated heterocycles. The minimum absolute atomic E-state index is 1.06. The Bertz CT molecular complexity index is 1020. The first kappa shape index (κ1) is 13.5. The van der Waals surface area contributed by atoms with Crippen LogP contribution in [0.15, 0.2) is 36.5 Å². The van der Waals surface area contributed by atoms with Crippen molar-refractivity contribution >= 4 is 26.5 Å². The first-order valence-corrected chi connectivity index (χ1v) is 8.31. The lowest BCUT2D eigenvalue weighted by Crippen LogP contribution is -1.85. The Labute approximate surface area is 134 Å². The largest absolute Gasteiger partial charge is 0.290 e. The van der Waals surface area contributed by atoms with E-state index >= 15 is 0 Å². The fourth-order valence-corrected chi connectivity index (χ4v) is 4.07. The van der Waals surface area contributed by atoms with Crippen LogP contribution in [-0.4, -0.2) is 9.38 Å². The van der Waals surface area contributed by atoms with Gasteiger partial charge in [0, 0.05) is 11.8 Å². The average molecular weight is 306 g/mol. The Morgan fingerprint density at radius 1 is 0.909 bits per heavy atom. The van der Waals surface area contributed by atoms with E-state index in [1.165, 1.54) is 38.0 Å². The second-order valence-corrected chi connectivity index (χ2v) is 7.11. The van der Waals surface area contributed by atoms with E-state index in [4.69, 9.17) is 4.98 Å². The maximum Gasteiger partial charge on any atom is 0.195 e. The van der Waals surface area contributed by atoms with Crippen molar-refractivity contribution in [3.8, 4) is 11.3 Å². The number of rotatable bonds is 1. The van der Waals surface area contributed by atoms with Crippen molar-refractivity contribution in [1.82, 2.24) is 9.38 Å². The van der Waals surface area contributed by atoms with Crippen LogP contribution in [0.3, 0.4) is 0 Å². The molecule has 0 saturated carbocycles. The molecule has 2 heterocycles. The quantitative estimate of drug-likeness (QED) is 0.457. The summed E-state index contributed by atoms with van der Waals surface area (Å²) in [6, 6.07) is 11.1. The fourth-order valence-electron chi connectivity index (χ4n) is 2.98. The van der Waals surface area contributed by atoms with Crippen LogP contribution in [0.1, 0.15) is 22.3 Å². The van der Waals surface area contributed by atoms with E-state index in [2.05, 4.69) is 68.6 Å². The SMILES string of the molecule is Cc1ccc(-c2cn3c(n2)sc2cc(C)c(C)cc23)c(C)c1. The molecule has 22 heavy (non-hydrogen) atoms. The summed E-state index contributed by atoms with van der Waals surface area (Å²) in [6.07, 6.45) is 2.17. The number of fused-ring (bicyclic) bond motifs is 3. The molecule has 2 aromatic heterocycles. The first-order chi connectivity index (χ1) is 10.5. The summed E-state index contributed by atoms with van der Waals surface area (Å²) < 4.78 is 3.53. The van der Waals surface area contributed by atoms with E-state index in [0.717, 1.165) is 10.7 Å². The van der Waals surface area contributed by atoms with E-state index < -0.39 is 0 Å². The molecule has 0 amide bonds. The van der Waals surface area contributed by atoms with Gasteiger partial charge in [-0.25, -0.2) is 4.98 Å². The predicted octanol–water partition coefficient (Wildman–Crippen LogP) is 5.45. The molecule has 4 aromatic rings. The summed E-state index contributed by atoms with van der Waals surface area (Å²) in [5.74, 6) is 0. The lowest BCUT2D eigenvalue weighted by atomic mass is 10.0. The monoisotopic (exact) mass is 306 g/mol. The van der Waals surface area contributed by atoms with Crippen molar-refractivity contribution < 1.29 is 0 Å². The van der Waals surface area contributed by atoms with E-state index in [1.807, 2.05) is 0 Å². The van der Waals surface area contributed by atoms with E-state index in [0.29, 0.717) is 0 Å². The number of benzene rings is 2. The minimum Gasteiger partial charge on any atom is -0.290 e. The van der Waals surface area contributed by atoms with E-state index in [1.54, 1.807) is 11.3 Å². The fraction of sp³-hybridized carbons (Fsp3) is 0.211. The molecule has 0 spiro atoms. The van der Waals surface area contributed by atoms with Crippen LogP contribution >= 0.6 is 11.3 Å². The lowest BCUT2D eigenvalue weighted by Gasteiger charge is -2.03. The van der Waals surface area contributed by atoms with Gasteiger partial charge in [-0.1, -0.05) is 35.1 Å². The Hall–Kier alpha value is -2.13. The zero-order valence-electron chi connectivity index (χ0n) is 13.3. The maximum atomic E-state index is 4.85. The van der Waals surface area contributed by atoms with Crippen LogP contribution in [0.2, 0.25) is 0 Å². The molecule has 3 heteroatoms. The molecular weight excluding hydrogens is 288 g/mol. The van der Waals surface area contributed by atoms with Gasteiger partial charge in [0.2, 0.25) is 0 Å². The zero-order valence-corrected chi connectivity index (χ0v) is 14.1. The van der Waals surface area contributed by atoms with Gasteiger partial charge < -0.3 is 0 Å². The molecule has 0 N–H and O–H groups in total. The number of aromatic nitrogens is 2. The summed E-state index contributed by atoms with van der Waals surface area (Å²) >= 11 is 1.76. The Morgan fingerprint density at radius 3 is 2.45 bits per heavy atom. The average Bonchev–Trinajstić information content (AvgIpc) is 2.98. The molecule has 110 valence electrons. The highest BCUT2D eigenvalue weighted by molar-refractivity contribution is 7.23. The maximum absolute atomic E-state index is 4.85. The summed E-state index contributed by atoms with van der Waals surface area (Å²) in [5.41, 5.74) is 8.77. The Morgan fingerprint density at radius 2 is 1.68 bits per heavy atom. The molecule has 0 aliphatic rings. The van der Waals surface area contributed by atoms with Crippen molar-refractivity contribution in [2.75, 3.05) is 0 Å². The van der Waals surface area contributed by atoms with Crippen molar-refractivity contribution in [2.24, 2.45) is 0 Å². The van der Waals surface area contributed by atoms with Crippen molar-refractivity contribution in [2.45, 2.75) is 27.7 Å². The zero-order chi connectivity index (χ0) is 15.4. The standard InChI is InChI=1S/C19H18N2S/c1-11-5-6-15(14(4)7-11)16-10-21-17-8-12(2)13(3)9-18(17)22-19(21)20-16/h5-10H,1-4H3. The van der Waals surface area contributed by atoms with E-state index in [-0.39, 0.29) is 0 Å². The third-order valence-electron chi connectivity index (χ3n) is 4.37. The number of aryl methyl sites for hydroxylation is 4. The van der Waals surface area contributed by atoms with Crippen molar-refractivity contribution in [3.05, 3.63) is 58.8 Å². The van der Waals surface area contributed by atoms with Gasteiger partial charge in [-0.2, -0.15) is 0 Å². The van der Waals surface area contributed by atoms with Crippen LogP contribution in [0, 0.1) is 27.7 Å². The Balaban J connectivity index is 1.96. The third kappa shape index (κ3) is 1.97. The van der Waals surface area contributed by atoms with Crippen LogP contribution in [0.25, 0.3) is 26.4 Å². The van der Waals surface area contributed by atoms with E-state index in [9.17, 15) is 0 Å². The van der Waals surface area contributed by atoms with Crippen LogP contribution in [0.5, 0.6) is 0 Å². The minimum atomic E-state index is 1.06. The third-order valence-corrected chi connectivity index (χ3v) is 5.38. The summed E-state index contributed by atoms with van der Waals surface area (Å²) in [5, 5.41) is 0. The van der Waals surface area contributed by atoms with Gasteiger partial charge in [0.15, 0.2) is 4.96 Å². The molecule has 0 bridgehead atoms. The normalized spacial score (nSPS) is 11.6. The topological polar surface area (TPSA) is 17.3 Å². The summed E-state index contributed by atoms with van der Waals surface area (Å²) in [6.45, 7) is 8.61. The second-order valence-electron chi connectivity index (χ2n) is 6.10. The highest BCUT2D eigenvalue weighted by atomic mass is 32.1. The molecule has 4 rings (SSSR count). The molecule has 2 nitrogen and oxygen atoms in total. The number of hydrogen-bond donors (Lipinski definition) is 0. The second kappa shape index (κ2) is 4.68. The van der Waals surface area contributed by atoms with Crippen molar-refractivity contribution in [1.29, 1.82) is 0 Å². The number of imidazole rings is 1. The van der Waals surface area contributed by atoms with Gasteiger partial charge in [-0.3, -0.25) is 4.40 Å². The van der Waals surface area contributed by atoms with Gasteiger partial charge in [-0.15, -0.1) is 0 Å². The molecule has 0 aliphatic carbocycles. The first-order valence-electron chi connectivity index (χ1n) is 7.49. The van der Waals surface area contributed by atoms with Crippen molar-refractivity contribution in [3.63, 3.8) is 0 Å². The summed E-state index contributed by atoms with van der Waals surface area (Å²) in [7, 11) is 0. The lowest BCUT2D eigenvalue weighted by molar-refractivity contribution is 1.27. The van der Waals surface area contributed by atoms with Gasteiger partial charge >= 0.3 is 0 Å². The molecule has 0 unspecified atom stereocenters. The molecule has 0 radical (unpaired) electrons. The number of thiazole rings is 1.